The van der Waals surface area contributed by atoms with E-state index >= 15 is 0 Å². The van der Waals surface area contributed by atoms with Crippen LogP contribution in [-0.2, 0) is 5.75 Å². The van der Waals surface area contributed by atoms with Crippen LogP contribution in [0.5, 0.6) is 5.75 Å². The molecule has 0 N–H and O–H groups in total. The second-order valence-electron chi connectivity index (χ2n) is 9.29. The van der Waals surface area contributed by atoms with Gasteiger partial charge in [0.2, 0.25) is 0 Å². The molecule has 190 valence electrons. The summed E-state index contributed by atoms with van der Waals surface area (Å²) in [7, 11) is 3.75. The zero-order valence-electron chi connectivity index (χ0n) is 21.4. The van der Waals surface area contributed by atoms with Crippen LogP contribution in [0.15, 0.2) is 78.0 Å². The first-order valence-electron chi connectivity index (χ1n) is 12.4. The number of ether oxygens (including phenoxy) is 1. The molecule has 1 aliphatic rings. The molecule has 0 atom stereocenters. The number of carbonyl (C=O) groups excluding carboxylic acids is 1. The minimum Gasteiger partial charge on any atom is -0.497 e. The minimum absolute atomic E-state index is 0.100. The summed E-state index contributed by atoms with van der Waals surface area (Å²) in [5.74, 6) is 2.35. The van der Waals surface area contributed by atoms with Crippen LogP contribution in [0.2, 0.25) is 0 Å². The molecule has 3 aromatic carbocycles. The van der Waals surface area contributed by atoms with E-state index in [-0.39, 0.29) is 5.91 Å². The van der Waals surface area contributed by atoms with Crippen LogP contribution in [0, 0.1) is 6.92 Å². The molecule has 1 saturated heterocycles. The van der Waals surface area contributed by atoms with Gasteiger partial charge >= 0.3 is 0 Å². The number of rotatable bonds is 7. The number of piperazine rings is 1. The second kappa shape index (κ2) is 11.2. The van der Waals surface area contributed by atoms with Crippen LogP contribution in [0.3, 0.4) is 0 Å². The number of amides is 1. The second-order valence-corrected chi connectivity index (χ2v) is 10.2. The fourth-order valence-corrected chi connectivity index (χ4v) is 5.25. The predicted octanol–water partition coefficient (Wildman–Crippen LogP) is 4.93. The van der Waals surface area contributed by atoms with Crippen molar-refractivity contribution >= 4 is 17.7 Å². The molecule has 1 fully saturated rings. The molecule has 8 heteroatoms. The van der Waals surface area contributed by atoms with Crippen molar-refractivity contribution in [2.24, 2.45) is 0 Å². The highest BCUT2D eigenvalue weighted by Crippen LogP contribution is 2.31. The summed E-state index contributed by atoms with van der Waals surface area (Å²) in [6.45, 7) is 5.42. The van der Waals surface area contributed by atoms with E-state index in [4.69, 9.17) is 4.74 Å². The van der Waals surface area contributed by atoms with Crippen molar-refractivity contribution < 1.29 is 9.53 Å². The molecule has 0 radical (unpaired) electrons. The van der Waals surface area contributed by atoms with Crippen molar-refractivity contribution in [2.75, 3.05) is 40.3 Å². The summed E-state index contributed by atoms with van der Waals surface area (Å²) >= 11 is 1.61. The number of aromatic nitrogens is 3. The molecule has 7 nitrogen and oxygen atoms in total. The molecule has 0 bridgehead atoms. The fourth-order valence-electron chi connectivity index (χ4n) is 4.35. The van der Waals surface area contributed by atoms with Crippen molar-refractivity contribution in [1.29, 1.82) is 0 Å². The van der Waals surface area contributed by atoms with Gasteiger partial charge in [0.25, 0.3) is 5.91 Å². The van der Waals surface area contributed by atoms with Gasteiger partial charge in [-0.2, -0.15) is 0 Å². The molecule has 2 heterocycles. The maximum atomic E-state index is 13.1. The van der Waals surface area contributed by atoms with Crippen molar-refractivity contribution in [3.8, 4) is 22.8 Å². The zero-order valence-corrected chi connectivity index (χ0v) is 22.2. The van der Waals surface area contributed by atoms with E-state index in [1.807, 2.05) is 47.4 Å². The van der Waals surface area contributed by atoms with Gasteiger partial charge in [0.1, 0.15) is 5.75 Å². The lowest BCUT2D eigenvalue weighted by Gasteiger charge is -2.32. The van der Waals surface area contributed by atoms with Gasteiger partial charge in [-0.25, -0.2) is 0 Å². The Balaban J connectivity index is 1.39. The van der Waals surface area contributed by atoms with Gasteiger partial charge in [-0.3, -0.25) is 9.36 Å². The number of aryl methyl sites for hydroxylation is 1. The largest absolute Gasteiger partial charge is 0.497 e. The molecule has 1 aliphatic heterocycles. The molecule has 1 aromatic heterocycles. The molecular weight excluding hydrogens is 482 g/mol. The van der Waals surface area contributed by atoms with Gasteiger partial charge in [-0.15, -0.1) is 10.2 Å². The lowest BCUT2D eigenvalue weighted by Crippen LogP contribution is -2.47. The van der Waals surface area contributed by atoms with Crippen LogP contribution in [-0.4, -0.2) is 70.8 Å². The molecule has 0 unspecified atom stereocenters. The van der Waals surface area contributed by atoms with E-state index in [2.05, 4.69) is 64.0 Å². The number of hydrogen-bond donors (Lipinski definition) is 0. The number of nitrogens with zero attached hydrogens (tertiary/aromatic N) is 5. The molecule has 0 aliphatic carbocycles. The summed E-state index contributed by atoms with van der Waals surface area (Å²) in [5.41, 5.74) is 4.97. The van der Waals surface area contributed by atoms with Crippen molar-refractivity contribution in [1.82, 2.24) is 24.6 Å². The predicted molar refractivity (Wildman–Crippen MR) is 147 cm³/mol. The summed E-state index contributed by atoms with van der Waals surface area (Å²) in [6.07, 6.45) is 0. The first-order valence-corrected chi connectivity index (χ1v) is 13.4. The van der Waals surface area contributed by atoms with E-state index in [0.717, 1.165) is 65.3 Å². The van der Waals surface area contributed by atoms with Crippen molar-refractivity contribution in [3.05, 3.63) is 89.5 Å². The van der Waals surface area contributed by atoms with E-state index < -0.39 is 0 Å². The van der Waals surface area contributed by atoms with Gasteiger partial charge in [-0.1, -0.05) is 53.7 Å². The number of carbonyl (C=O) groups is 1. The number of benzene rings is 3. The smallest absolute Gasteiger partial charge is 0.253 e. The summed E-state index contributed by atoms with van der Waals surface area (Å²) in [5, 5.41) is 9.90. The Morgan fingerprint density at radius 1 is 0.946 bits per heavy atom. The highest BCUT2D eigenvalue weighted by molar-refractivity contribution is 7.98. The lowest BCUT2D eigenvalue weighted by atomic mass is 10.1. The normalized spacial score (nSPS) is 14.1. The zero-order chi connectivity index (χ0) is 25.8. The first-order chi connectivity index (χ1) is 18.0. The van der Waals surface area contributed by atoms with Gasteiger partial charge in [0.15, 0.2) is 11.0 Å². The first kappa shape index (κ1) is 25.0. The van der Waals surface area contributed by atoms with Gasteiger partial charge in [-0.05, 0) is 55.9 Å². The van der Waals surface area contributed by atoms with Gasteiger partial charge in [0, 0.05) is 48.7 Å². The SMILES string of the molecule is COc1ccc(-n2c(SCc3cccc(C(=O)N4CCN(C)CC4)c3)nnc2-c2ccc(C)cc2)cc1. The molecule has 0 saturated carbocycles. The Morgan fingerprint density at radius 2 is 1.68 bits per heavy atom. The van der Waals surface area contributed by atoms with E-state index in [0.29, 0.717) is 5.75 Å². The van der Waals surface area contributed by atoms with Crippen molar-refractivity contribution in [2.45, 2.75) is 17.8 Å². The van der Waals surface area contributed by atoms with Crippen LogP contribution < -0.4 is 4.74 Å². The molecular formula is C29H31N5O2S. The van der Waals surface area contributed by atoms with Gasteiger partial charge in [0.05, 0.1) is 7.11 Å². The quantitative estimate of drug-likeness (QED) is 0.327. The van der Waals surface area contributed by atoms with Crippen LogP contribution in [0.4, 0.5) is 0 Å². The van der Waals surface area contributed by atoms with E-state index in [9.17, 15) is 4.79 Å². The average Bonchev–Trinajstić information content (AvgIpc) is 3.36. The molecule has 1 amide bonds. The number of likely N-dealkylation sites (N-methyl/N-ethyl adjacent to an activating group) is 1. The Labute approximate surface area is 222 Å². The summed E-state index contributed by atoms with van der Waals surface area (Å²) in [4.78, 5) is 17.3. The summed E-state index contributed by atoms with van der Waals surface area (Å²) < 4.78 is 7.43. The number of methoxy groups -OCH3 is 1. The van der Waals surface area contributed by atoms with Gasteiger partial charge < -0.3 is 14.5 Å². The van der Waals surface area contributed by atoms with E-state index in [1.165, 1.54) is 5.56 Å². The number of thioether (sulfide) groups is 1. The Bertz CT molecular complexity index is 1360. The molecule has 0 spiro atoms. The molecule has 4 aromatic rings. The van der Waals surface area contributed by atoms with E-state index in [1.54, 1.807) is 18.9 Å². The summed E-state index contributed by atoms with van der Waals surface area (Å²) in [6, 6.07) is 24.1. The third-order valence-corrected chi connectivity index (χ3v) is 7.61. The van der Waals surface area contributed by atoms with Crippen molar-refractivity contribution in [3.63, 3.8) is 0 Å². The highest BCUT2D eigenvalue weighted by atomic mass is 32.2. The Hall–Kier alpha value is -3.62. The average molecular weight is 514 g/mol. The molecule has 37 heavy (non-hydrogen) atoms. The molecule has 5 rings (SSSR count). The Morgan fingerprint density at radius 3 is 2.38 bits per heavy atom. The van der Waals surface area contributed by atoms with Crippen LogP contribution in [0.1, 0.15) is 21.5 Å². The fraction of sp³-hybridized carbons (Fsp3) is 0.276. The minimum atomic E-state index is 0.100. The third-order valence-electron chi connectivity index (χ3n) is 6.61. The van der Waals surface area contributed by atoms with Crippen LogP contribution >= 0.6 is 11.8 Å². The topological polar surface area (TPSA) is 63.5 Å². The maximum absolute atomic E-state index is 13.1. The lowest BCUT2D eigenvalue weighted by molar-refractivity contribution is 0.0664. The highest BCUT2D eigenvalue weighted by Gasteiger charge is 2.21. The number of hydrogen-bond acceptors (Lipinski definition) is 6. The Kier molecular flexibility index (Phi) is 7.58. The third kappa shape index (κ3) is 5.70. The standard InChI is InChI=1S/C29H31N5O2S/c1-21-7-9-23(10-8-21)27-30-31-29(34(27)25-11-13-26(36-3)14-12-25)37-20-22-5-4-6-24(19-22)28(35)33-17-15-32(2)16-18-33/h4-14,19H,15-18,20H2,1-3H3. The monoisotopic (exact) mass is 513 g/mol. The maximum Gasteiger partial charge on any atom is 0.253 e. The van der Waals surface area contributed by atoms with Crippen LogP contribution in [0.25, 0.3) is 17.1 Å².